The van der Waals surface area contributed by atoms with E-state index in [9.17, 15) is 4.79 Å². The molecule has 0 aromatic heterocycles. The Morgan fingerprint density at radius 2 is 2.05 bits per heavy atom. The van der Waals surface area contributed by atoms with Crippen LogP contribution in [0.2, 0.25) is 0 Å². The smallest absolute Gasteiger partial charge is 0.338 e. The van der Waals surface area contributed by atoms with Crippen LogP contribution in [0.15, 0.2) is 34.9 Å². The van der Waals surface area contributed by atoms with Gasteiger partial charge in [-0.25, -0.2) is 4.79 Å². The van der Waals surface area contributed by atoms with E-state index in [1.807, 2.05) is 19.9 Å². The summed E-state index contributed by atoms with van der Waals surface area (Å²) in [6.07, 6.45) is 10.3. The predicted molar refractivity (Wildman–Crippen MR) is 79.9 cm³/mol. The van der Waals surface area contributed by atoms with Crippen molar-refractivity contribution in [2.75, 3.05) is 6.61 Å². The second kappa shape index (κ2) is 7.98. The number of hydrogen-bond acceptors (Lipinski definition) is 2. The molecule has 0 saturated carbocycles. The molecule has 1 rings (SSSR count). The van der Waals surface area contributed by atoms with Crippen molar-refractivity contribution in [2.24, 2.45) is 5.92 Å². The van der Waals surface area contributed by atoms with E-state index in [-0.39, 0.29) is 5.97 Å². The largest absolute Gasteiger partial charge is 0.462 e. The third-order valence-electron chi connectivity index (χ3n) is 3.56. The molecule has 0 N–H and O–H groups in total. The molecule has 1 aliphatic carbocycles. The lowest BCUT2D eigenvalue weighted by Gasteiger charge is -2.10. The highest BCUT2D eigenvalue weighted by molar-refractivity contribution is 5.94. The summed E-state index contributed by atoms with van der Waals surface area (Å²) in [6, 6.07) is 0. The van der Waals surface area contributed by atoms with E-state index in [1.54, 1.807) is 0 Å². The normalized spacial score (nSPS) is 20.4. The predicted octanol–water partition coefficient (Wildman–Crippen LogP) is 4.58. The van der Waals surface area contributed by atoms with E-state index in [0.717, 1.165) is 31.3 Å². The molecule has 0 radical (unpaired) electrons. The summed E-state index contributed by atoms with van der Waals surface area (Å²) in [4.78, 5) is 12.1. The Balaban J connectivity index is 3.08. The number of carbonyl (C=O) groups is 1. The first-order valence-corrected chi connectivity index (χ1v) is 7.40. The Hall–Kier alpha value is -1.31. The molecule has 0 aromatic rings. The van der Waals surface area contributed by atoms with E-state index in [4.69, 9.17) is 4.74 Å². The van der Waals surface area contributed by atoms with E-state index in [2.05, 4.69) is 26.0 Å². The maximum absolute atomic E-state index is 12.1. The molecular formula is C17H26O2. The summed E-state index contributed by atoms with van der Waals surface area (Å²) in [5.74, 6) is 0.494. The van der Waals surface area contributed by atoms with Gasteiger partial charge in [-0.05, 0) is 50.2 Å². The molecule has 0 aliphatic heterocycles. The monoisotopic (exact) mass is 262 g/mol. The molecular weight excluding hydrogens is 236 g/mol. The second-order valence-corrected chi connectivity index (χ2v) is 4.93. The van der Waals surface area contributed by atoms with Crippen LogP contribution in [0.4, 0.5) is 0 Å². The molecule has 0 saturated heterocycles. The fourth-order valence-corrected chi connectivity index (χ4v) is 2.61. The SMILES string of the molecule is C/C=C\C1=C(C(=C/CC)/C(=O)OCC)CC(CC)C1. The van der Waals surface area contributed by atoms with Gasteiger partial charge >= 0.3 is 5.97 Å². The van der Waals surface area contributed by atoms with Gasteiger partial charge in [-0.3, -0.25) is 0 Å². The highest BCUT2D eigenvalue weighted by atomic mass is 16.5. The number of allylic oxidation sites excluding steroid dienone is 4. The quantitative estimate of drug-likeness (QED) is 0.517. The average molecular weight is 262 g/mol. The van der Waals surface area contributed by atoms with Gasteiger partial charge in [-0.15, -0.1) is 0 Å². The molecule has 1 unspecified atom stereocenters. The van der Waals surface area contributed by atoms with Gasteiger partial charge in [-0.1, -0.05) is 38.5 Å². The molecule has 2 nitrogen and oxygen atoms in total. The standard InChI is InChI=1S/C17H26O2/c1-5-9-14-11-13(7-3)12-16(14)15(10-6-2)17(18)19-8-4/h5,9-10,13H,6-8,11-12H2,1-4H3/b9-5-,15-10-. The van der Waals surface area contributed by atoms with Crippen LogP contribution in [0.5, 0.6) is 0 Å². The maximum atomic E-state index is 12.1. The van der Waals surface area contributed by atoms with Gasteiger partial charge in [0.15, 0.2) is 0 Å². The van der Waals surface area contributed by atoms with Gasteiger partial charge in [0, 0.05) is 0 Å². The van der Waals surface area contributed by atoms with Gasteiger partial charge in [0.1, 0.15) is 0 Å². The zero-order valence-corrected chi connectivity index (χ0v) is 12.7. The number of rotatable bonds is 6. The summed E-state index contributed by atoms with van der Waals surface area (Å²) in [5.41, 5.74) is 3.29. The summed E-state index contributed by atoms with van der Waals surface area (Å²) >= 11 is 0. The second-order valence-electron chi connectivity index (χ2n) is 4.93. The van der Waals surface area contributed by atoms with Crippen LogP contribution in [0.25, 0.3) is 0 Å². The van der Waals surface area contributed by atoms with Gasteiger partial charge < -0.3 is 4.74 Å². The van der Waals surface area contributed by atoms with Gasteiger partial charge in [-0.2, -0.15) is 0 Å². The minimum Gasteiger partial charge on any atom is -0.462 e. The third kappa shape index (κ3) is 4.09. The molecule has 0 aromatic carbocycles. The minimum atomic E-state index is -0.168. The van der Waals surface area contributed by atoms with Gasteiger partial charge in [0.2, 0.25) is 0 Å². The molecule has 0 heterocycles. The Morgan fingerprint density at radius 1 is 1.32 bits per heavy atom. The van der Waals surface area contributed by atoms with E-state index >= 15 is 0 Å². The highest BCUT2D eigenvalue weighted by Crippen LogP contribution is 2.38. The first kappa shape index (κ1) is 15.7. The minimum absolute atomic E-state index is 0.168. The van der Waals surface area contributed by atoms with Crippen LogP contribution in [0, 0.1) is 5.92 Å². The molecule has 19 heavy (non-hydrogen) atoms. The van der Waals surface area contributed by atoms with Crippen molar-refractivity contribution in [1.29, 1.82) is 0 Å². The van der Waals surface area contributed by atoms with Crippen LogP contribution in [0.1, 0.15) is 53.4 Å². The Bertz CT molecular complexity index is 399. The van der Waals surface area contributed by atoms with E-state index in [1.165, 1.54) is 11.1 Å². The van der Waals surface area contributed by atoms with Crippen LogP contribution in [0.3, 0.4) is 0 Å². The zero-order chi connectivity index (χ0) is 14.3. The fraction of sp³-hybridized carbons (Fsp3) is 0.588. The molecule has 0 spiro atoms. The van der Waals surface area contributed by atoms with Crippen molar-refractivity contribution >= 4 is 5.97 Å². The third-order valence-corrected chi connectivity index (χ3v) is 3.56. The van der Waals surface area contributed by atoms with Crippen molar-refractivity contribution < 1.29 is 9.53 Å². The lowest BCUT2D eigenvalue weighted by molar-refractivity contribution is -0.138. The summed E-state index contributed by atoms with van der Waals surface area (Å²) in [7, 11) is 0. The van der Waals surface area contributed by atoms with Crippen LogP contribution in [-0.2, 0) is 9.53 Å². The Morgan fingerprint density at radius 3 is 2.58 bits per heavy atom. The molecule has 1 atom stereocenters. The summed E-state index contributed by atoms with van der Waals surface area (Å²) < 4.78 is 5.20. The fourth-order valence-electron chi connectivity index (χ4n) is 2.61. The van der Waals surface area contributed by atoms with Crippen LogP contribution >= 0.6 is 0 Å². The molecule has 0 amide bonds. The first-order chi connectivity index (χ1) is 9.17. The Labute approximate surface area is 117 Å². The molecule has 1 aliphatic rings. The molecule has 106 valence electrons. The van der Waals surface area contributed by atoms with Gasteiger partial charge in [0.05, 0.1) is 12.2 Å². The summed E-state index contributed by atoms with van der Waals surface area (Å²) in [5, 5.41) is 0. The topological polar surface area (TPSA) is 26.3 Å². The number of hydrogen-bond donors (Lipinski definition) is 0. The van der Waals surface area contributed by atoms with Crippen molar-refractivity contribution in [3.8, 4) is 0 Å². The lowest BCUT2D eigenvalue weighted by Crippen LogP contribution is -2.10. The van der Waals surface area contributed by atoms with Gasteiger partial charge in [0.25, 0.3) is 0 Å². The average Bonchev–Trinajstić information content (AvgIpc) is 2.79. The maximum Gasteiger partial charge on any atom is 0.338 e. The summed E-state index contributed by atoms with van der Waals surface area (Å²) in [6.45, 7) is 8.59. The van der Waals surface area contributed by atoms with Crippen LogP contribution in [-0.4, -0.2) is 12.6 Å². The number of ether oxygens (including phenoxy) is 1. The van der Waals surface area contributed by atoms with E-state index < -0.39 is 0 Å². The van der Waals surface area contributed by atoms with Crippen molar-refractivity contribution in [2.45, 2.75) is 53.4 Å². The Kier molecular flexibility index (Phi) is 6.61. The van der Waals surface area contributed by atoms with Crippen molar-refractivity contribution in [3.63, 3.8) is 0 Å². The zero-order valence-electron chi connectivity index (χ0n) is 12.7. The first-order valence-electron chi connectivity index (χ1n) is 7.40. The number of esters is 1. The molecule has 2 heteroatoms. The number of carbonyl (C=O) groups excluding carboxylic acids is 1. The van der Waals surface area contributed by atoms with Crippen molar-refractivity contribution in [3.05, 3.63) is 34.9 Å². The molecule has 0 bridgehead atoms. The van der Waals surface area contributed by atoms with Crippen LogP contribution < -0.4 is 0 Å². The van der Waals surface area contributed by atoms with Crippen molar-refractivity contribution in [1.82, 2.24) is 0 Å². The lowest BCUT2D eigenvalue weighted by atomic mass is 9.98. The molecule has 0 fully saturated rings. The van der Waals surface area contributed by atoms with E-state index in [0.29, 0.717) is 12.5 Å². The highest BCUT2D eigenvalue weighted by Gasteiger charge is 2.27.